The lowest BCUT2D eigenvalue weighted by Crippen LogP contribution is -2.41. The monoisotopic (exact) mass is 145 g/mol. The summed E-state index contributed by atoms with van der Waals surface area (Å²) in [6.45, 7) is 0. The summed E-state index contributed by atoms with van der Waals surface area (Å²) in [4.78, 5) is 20.8. The van der Waals surface area contributed by atoms with Crippen molar-refractivity contribution in [2.24, 2.45) is 11.5 Å². The van der Waals surface area contributed by atoms with Gasteiger partial charge in [-0.3, -0.25) is 9.59 Å². The Balaban J connectivity index is 3.72. The highest BCUT2D eigenvalue weighted by Gasteiger charge is 2.13. The highest BCUT2D eigenvalue weighted by molar-refractivity contribution is 5.87. The number of amides is 2. The third-order valence-electron chi connectivity index (χ3n) is 1.00. The van der Waals surface area contributed by atoms with Gasteiger partial charge in [-0.1, -0.05) is 0 Å². The summed E-state index contributed by atoms with van der Waals surface area (Å²) in [5.41, 5.74) is 10.0. The molecule has 0 aromatic rings. The molecule has 0 radical (unpaired) electrons. The van der Waals surface area contributed by atoms with E-state index in [0.29, 0.717) is 0 Å². The van der Waals surface area contributed by atoms with Crippen molar-refractivity contribution in [2.45, 2.75) is 12.5 Å². The number of nitrogens with one attached hydrogen (secondary N) is 1. The van der Waals surface area contributed by atoms with Crippen LogP contribution >= 0.6 is 0 Å². The summed E-state index contributed by atoms with van der Waals surface area (Å²) in [5, 5.41) is 2.30. The minimum Gasteiger partial charge on any atom is -0.370 e. The van der Waals surface area contributed by atoms with Crippen molar-refractivity contribution in [1.82, 2.24) is 5.32 Å². The Labute approximate surface area is 58.8 Å². The van der Waals surface area contributed by atoms with Crippen molar-refractivity contribution in [3.8, 4) is 0 Å². The minimum atomic E-state index is -0.817. The van der Waals surface area contributed by atoms with E-state index < -0.39 is 11.9 Å². The Morgan fingerprint density at radius 1 is 1.60 bits per heavy atom. The Hall–Kier alpha value is -1.10. The van der Waals surface area contributed by atoms with Gasteiger partial charge in [0.2, 0.25) is 11.8 Å². The maximum atomic E-state index is 10.6. The summed E-state index contributed by atoms with van der Waals surface area (Å²) < 4.78 is 0. The molecule has 1 atom stereocenters. The van der Waals surface area contributed by atoms with Gasteiger partial charge >= 0.3 is 0 Å². The molecule has 5 N–H and O–H groups in total. The standard InChI is InChI=1S/C5H11N3O2/c1-8-5(10)3(6)2-4(7)9/h3H,2,6H2,1H3,(H2,7,9)(H,8,10)/t3-/m0/s1. The zero-order valence-electron chi connectivity index (χ0n) is 5.76. The van der Waals surface area contributed by atoms with Crippen LogP contribution in [0.25, 0.3) is 0 Å². The van der Waals surface area contributed by atoms with Crippen LogP contribution < -0.4 is 16.8 Å². The molecule has 0 saturated carbocycles. The van der Waals surface area contributed by atoms with E-state index in [4.69, 9.17) is 11.5 Å². The second-order valence-electron chi connectivity index (χ2n) is 1.89. The number of carbonyl (C=O) groups excluding carboxylic acids is 2. The predicted octanol–water partition coefficient (Wildman–Crippen LogP) is -2.06. The van der Waals surface area contributed by atoms with Crippen molar-refractivity contribution < 1.29 is 9.59 Å². The highest BCUT2D eigenvalue weighted by Crippen LogP contribution is 1.84. The fourth-order valence-corrected chi connectivity index (χ4v) is 0.495. The third-order valence-corrected chi connectivity index (χ3v) is 1.00. The van der Waals surface area contributed by atoms with Crippen LogP contribution in [0.2, 0.25) is 0 Å². The van der Waals surface area contributed by atoms with Crippen LogP contribution in [0.3, 0.4) is 0 Å². The highest BCUT2D eigenvalue weighted by atomic mass is 16.2. The van der Waals surface area contributed by atoms with E-state index in [9.17, 15) is 9.59 Å². The molecule has 0 saturated heterocycles. The van der Waals surface area contributed by atoms with Crippen LogP contribution in [-0.4, -0.2) is 24.9 Å². The first kappa shape index (κ1) is 8.90. The number of primary amides is 1. The molecule has 0 rings (SSSR count). The Bertz CT molecular complexity index is 146. The Kier molecular flexibility index (Phi) is 3.42. The molecule has 0 aliphatic heterocycles. The summed E-state index contributed by atoms with van der Waals surface area (Å²) in [7, 11) is 1.45. The largest absolute Gasteiger partial charge is 0.370 e. The molecule has 2 amide bonds. The fourth-order valence-electron chi connectivity index (χ4n) is 0.495. The molecule has 0 fully saturated rings. The molecule has 0 aromatic heterocycles. The van der Waals surface area contributed by atoms with E-state index in [1.807, 2.05) is 0 Å². The zero-order valence-corrected chi connectivity index (χ0v) is 5.76. The van der Waals surface area contributed by atoms with Gasteiger partial charge < -0.3 is 16.8 Å². The first-order chi connectivity index (χ1) is 4.57. The second kappa shape index (κ2) is 3.84. The lowest BCUT2D eigenvalue weighted by Gasteiger charge is -2.05. The summed E-state index contributed by atoms with van der Waals surface area (Å²) >= 11 is 0. The molecule has 0 heterocycles. The van der Waals surface area contributed by atoms with Crippen molar-refractivity contribution in [2.75, 3.05) is 7.05 Å². The molecule has 0 unspecified atom stereocenters. The normalized spacial score (nSPS) is 12.2. The lowest BCUT2D eigenvalue weighted by atomic mass is 10.2. The number of likely N-dealkylation sites (N-methyl/N-ethyl adjacent to an activating group) is 1. The van der Waals surface area contributed by atoms with E-state index in [1.54, 1.807) is 0 Å². The topological polar surface area (TPSA) is 98.2 Å². The first-order valence-electron chi connectivity index (χ1n) is 2.83. The molecule has 0 aromatic carbocycles. The van der Waals surface area contributed by atoms with Crippen molar-refractivity contribution in [1.29, 1.82) is 0 Å². The SMILES string of the molecule is CNC(=O)[C@@H](N)CC(N)=O. The van der Waals surface area contributed by atoms with Crippen LogP contribution in [0.1, 0.15) is 6.42 Å². The number of hydrogen-bond donors (Lipinski definition) is 3. The lowest BCUT2D eigenvalue weighted by molar-refractivity contribution is -0.126. The minimum absolute atomic E-state index is 0.111. The smallest absolute Gasteiger partial charge is 0.237 e. The number of nitrogens with two attached hydrogens (primary N) is 2. The molecule has 10 heavy (non-hydrogen) atoms. The number of rotatable bonds is 3. The molecule has 0 spiro atoms. The number of carbonyl (C=O) groups is 2. The van der Waals surface area contributed by atoms with Crippen LogP contribution in [0.5, 0.6) is 0 Å². The van der Waals surface area contributed by atoms with Gasteiger partial charge in [0.05, 0.1) is 12.5 Å². The summed E-state index contributed by atoms with van der Waals surface area (Å²) in [5.74, 6) is -0.949. The molecule has 0 bridgehead atoms. The van der Waals surface area contributed by atoms with E-state index in [2.05, 4.69) is 5.32 Å². The molecule has 0 aliphatic carbocycles. The molecular weight excluding hydrogens is 134 g/mol. The Morgan fingerprint density at radius 2 is 2.10 bits per heavy atom. The summed E-state index contributed by atoms with van der Waals surface area (Å²) in [6.07, 6.45) is -0.111. The maximum absolute atomic E-state index is 10.6. The quantitative estimate of drug-likeness (QED) is 0.425. The number of hydrogen-bond acceptors (Lipinski definition) is 3. The molecular formula is C5H11N3O2. The van der Waals surface area contributed by atoms with Gasteiger partial charge in [-0.05, 0) is 0 Å². The maximum Gasteiger partial charge on any atom is 0.237 e. The molecule has 0 aliphatic rings. The summed E-state index contributed by atoms with van der Waals surface area (Å²) in [6, 6.07) is -0.817. The molecule has 5 nitrogen and oxygen atoms in total. The average molecular weight is 145 g/mol. The van der Waals surface area contributed by atoms with Crippen LogP contribution in [-0.2, 0) is 9.59 Å². The van der Waals surface area contributed by atoms with Crippen molar-refractivity contribution in [3.63, 3.8) is 0 Å². The zero-order chi connectivity index (χ0) is 8.15. The van der Waals surface area contributed by atoms with Gasteiger partial charge in [0, 0.05) is 7.05 Å². The van der Waals surface area contributed by atoms with Gasteiger partial charge in [0.1, 0.15) is 0 Å². The van der Waals surface area contributed by atoms with Crippen LogP contribution in [0.15, 0.2) is 0 Å². The van der Waals surface area contributed by atoms with Gasteiger partial charge in [-0.15, -0.1) is 0 Å². The van der Waals surface area contributed by atoms with Gasteiger partial charge in [0.15, 0.2) is 0 Å². The van der Waals surface area contributed by atoms with Crippen molar-refractivity contribution in [3.05, 3.63) is 0 Å². The van der Waals surface area contributed by atoms with E-state index in [-0.39, 0.29) is 12.3 Å². The first-order valence-corrected chi connectivity index (χ1v) is 2.83. The third kappa shape index (κ3) is 3.03. The van der Waals surface area contributed by atoms with Gasteiger partial charge in [-0.25, -0.2) is 0 Å². The predicted molar refractivity (Wildman–Crippen MR) is 35.9 cm³/mol. The second-order valence-corrected chi connectivity index (χ2v) is 1.89. The fraction of sp³-hybridized carbons (Fsp3) is 0.600. The van der Waals surface area contributed by atoms with Gasteiger partial charge in [-0.2, -0.15) is 0 Å². The van der Waals surface area contributed by atoms with Gasteiger partial charge in [0.25, 0.3) is 0 Å². The van der Waals surface area contributed by atoms with Crippen LogP contribution in [0, 0.1) is 0 Å². The van der Waals surface area contributed by atoms with E-state index >= 15 is 0 Å². The molecule has 58 valence electrons. The van der Waals surface area contributed by atoms with Crippen LogP contribution in [0.4, 0.5) is 0 Å². The van der Waals surface area contributed by atoms with E-state index in [1.165, 1.54) is 7.05 Å². The average Bonchev–Trinajstić information content (AvgIpc) is 1.85. The Morgan fingerprint density at radius 3 is 2.40 bits per heavy atom. The molecule has 5 heteroatoms. The van der Waals surface area contributed by atoms with Crippen molar-refractivity contribution >= 4 is 11.8 Å². The van der Waals surface area contributed by atoms with E-state index in [0.717, 1.165) is 0 Å².